The highest BCUT2D eigenvalue weighted by atomic mass is 35.5. The molecule has 1 aromatic carbocycles. The standard InChI is InChI=1S/C13H17ClO2/c1-2-3-4-10-8-12(15)11-7-9(14)5-6-13(11)16-10/h5-7,10,12,15H,2-4,8H2,1H3. The third-order valence-corrected chi connectivity index (χ3v) is 3.23. The van der Waals surface area contributed by atoms with Gasteiger partial charge in [0.05, 0.1) is 6.10 Å². The normalized spacial score (nSPS) is 23.7. The number of hydrogen-bond donors (Lipinski definition) is 1. The summed E-state index contributed by atoms with van der Waals surface area (Å²) in [5.74, 6) is 0.782. The van der Waals surface area contributed by atoms with Gasteiger partial charge < -0.3 is 9.84 Å². The highest BCUT2D eigenvalue weighted by Gasteiger charge is 2.26. The number of aliphatic hydroxyl groups is 1. The van der Waals surface area contributed by atoms with Crippen molar-refractivity contribution in [2.75, 3.05) is 0 Å². The zero-order valence-electron chi connectivity index (χ0n) is 9.45. The molecule has 1 aromatic rings. The van der Waals surface area contributed by atoms with Crippen molar-refractivity contribution in [1.82, 2.24) is 0 Å². The summed E-state index contributed by atoms with van der Waals surface area (Å²) in [7, 11) is 0. The third-order valence-electron chi connectivity index (χ3n) is 2.99. The van der Waals surface area contributed by atoms with Gasteiger partial charge in [-0.1, -0.05) is 31.4 Å². The summed E-state index contributed by atoms with van der Waals surface area (Å²) < 4.78 is 5.84. The van der Waals surface area contributed by atoms with Crippen LogP contribution in [0.5, 0.6) is 5.75 Å². The summed E-state index contributed by atoms with van der Waals surface area (Å²) in [6.45, 7) is 2.16. The van der Waals surface area contributed by atoms with E-state index in [4.69, 9.17) is 16.3 Å². The van der Waals surface area contributed by atoms with E-state index in [1.165, 1.54) is 0 Å². The maximum atomic E-state index is 10.0. The van der Waals surface area contributed by atoms with Crippen molar-refractivity contribution in [3.63, 3.8) is 0 Å². The smallest absolute Gasteiger partial charge is 0.125 e. The minimum Gasteiger partial charge on any atom is -0.490 e. The lowest BCUT2D eigenvalue weighted by Gasteiger charge is -2.29. The fourth-order valence-electron chi connectivity index (χ4n) is 2.10. The van der Waals surface area contributed by atoms with E-state index in [9.17, 15) is 5.11 Å². The van der Waals surface area contributed by atoms with Gasteiger partial charge in [0.15, 0.2) is 0 Å². The Morgan fingerprint density at radius 1 is 1.50 bits per heavy atom. The number of benzene rings is 1. The second-order valence-electron chi connectivity index (χ2n) is 4.32. The lowest BCUT2D eigenvalue weighted by Crippen LogP contribution is -2.25. The summed E-state index contributed by atoms with van der Waals surface area (Å²) in [4.78, 5) is 0. The highest BCUT2D eigenvalue weighted by molar-refractivity contribution is 6.30. The Labute approximate surface area is 101 Å². The summed E-state index contributed by atoms with van der Waals surface area (Å²) in [6.07, 6.45) is 3.68. The molecule has 0 amide bonds. The second kappa shape index (κ2) is 5.07. The molecule has 0 fully saturated rings. The fourth-order valence-corrected chi connectivity index (χ4v) is 2.28. The topological polar surface area (TPSA) is 29.5 Å². The molecule has 0 bridgehead atoms. The van der Waals surface area contributed by atoms with Crippen molar-refractivity contribution in [3.05, 3.63) is 28.8 Å². The van der Waals surface area contributed by atoms with Crippen LogP contribution < -0.4 is 4.74 Å². The van der Waals surface area contributed by atoms with Crippen LogP contribution in [0.3, 0.4) is 0 Å². The van der Waals surface area contributed by atoms with Gasteiger partial charge in [0.1, 0.15) is 11.9 Å². The van der Waals surface area contributed by atoms with Crippen molar-refractivity contribution in [2.24, 2.45) is 0 Å². The third kappa shape index (κ3) is 2.50. The van der Waals surface area contributed by atoms with Crippen molar-refractivity contribution in [3.8, 4) is 5.75 Å². The summed E-state index contributed by atoms with van der Waals surface area (Å²) >= 11 is 5.90. The summed E-state index contributed by atoms with van der Waals surface area (Å²) in [6, 6.07) is 5.44. The molecule has 0 aromatic heterocycles. The molecule has 1 aliphatic rings. The van der Waals surface area contributed by atoms with Crippen molar-refractivity contribution >= 4 is 11.6 Å². The van der Waals surface area contributed by atoms with E-state index >= 15 is 0 Å². The Morgan fingerprint density at radius 2 is 2.31 bits per heavy atom. The Hall–Kier alpha value is -0.730. The van der Waals surface area contributed by atoms with Crippen LogP contribution in [0.1, 0.15) is 44.3 Å². The summed E-state index contributed by atoms with van der Waals surface area (Å²) in [5.41, 5.74) is 0.820. The van der Waals surface area contributed by atoms with E-state index in [1.54, 1.807) is 12.1 Å². The number of unbranched alkanes of at least 4 members (excludes halogenated alkanes) is 1. The molecule has 0 spiro atoms. The molecule has 2 rings (SSSR count). The second-order valence-corrected chi connectivity index (χ2v) is 4.75. The number of fused-ring (bicyclic) bond motifs is 1. The quantitative estimate of drug-likeness (QED) is 0.873. The maximum absolute atomic E-state index is 10.0. The predicted molar refractivity (Wildman–Crippen MR) is 65.0 cm³/mol. The van der Waals surface area contributed by atoms with Crippen LogP contribution in [0, 0.1) is 0 Å². The number of hydrogen-bond acceptors (Lipinski definition) is 2. The first-order chi connectivity index (χ1) is 7.70. The molecule has 0 saturated heterocycles. The highest BCUT2D eigenvalue weighted by Crippen LogP contribution is 2.37. The Kier molecular flexibility index (Phi) is 3.72. The molecule has 0 radical (unpaired) electrons. The van der Waals surface area contributed by atoms with Crippen LogP contribution >= 0.6 is 11.6 Å². The van der Waals surface area contributed by atoms with Crippen LogP contribution in [0.4, 0.5) is 0 Å². The molecule has 1 N–H and O–H groups in total. The lowest BCUT2D eigenvalue weighted by molar-refractivity contribution is 0.0607. The molecule has 1 aliphatic heterocycles. The Morgan fingerprint density at radius 3 is 3.06 bits per heavy atom. The van der Waals surface area contributed by atoms with Gasteiger partial charge >= 0.3 is 0 Å². The SMILES string of the molecule is CCCCC1CC(O)c2cc(Cl)ccc2O1. The average Bonchev–Trinajstić information content (AvgIpc) is 2.27. The number of rotatable bonds is 3. The van der Waals surface area contributed by atoms with Gasteiger partial charge in [-0.25, -0.2) is 0 Å². The van der Waals surface area contributed by atoms with E-state index in [1.807, 2.05) is 6.07 Å². The van der Waals surface area contributed by atoms with Gasteiger partial charge in [-0.3, -0.25) is 0 Å². The number of halogens is 1. The lowest BCUT2D eigenvalue weighted by atomic mass is 9.96. The zero-order valence-corrected chi connectivity index (χ0v) is 10.2. The first kappa shape index (κ1) is 11.7. The van der Waals surface area contributed by atoms with Crippen LogP contribution in [-0.2, 0) is 0 Å². The molecule has 3 heteroatoms. The molecule has 2 atom stereocenters. The van der Waals surface area contributed by atoms with Crippen molar-refractivity contribution in [2.45, 2.75) is 44.8 Å². The summed E-state index contributed by atoms with van der Waals surface area (Å²) in [5, 5.41) is 10.7. The van der Waals surface area contributed by atoms with Crippen LogP contribution in [0.15, 0.2) is 18.2 Å². The molecule has 2 unspecified atom stereocenters. The molecule has 2 nitrogen and oxygen atoms in total. The average molecular weight is 241 g/mol. The van der Waals surface area contributed by atoms with Gasteiger partial charge in [0, 0.05) is 17.0 Å². The molecule has 1 heterocycles. The number of ether oxygens (including phenoxy) is 1. The van der Waals surface area contributed by atoms with Gasteiger partial charge in [0.25, 0.3) is 0 Å². The molecular formula is C13H17ClO2. The van der Waals surface area contributed by atoms with Crippen LogP contribution in [0.25, 0.3) is 0 Å². The fraction of sp³-hybridized carbons (Fsp3) is 0.538. The van der Waals surface area contributed by atoms with Crippen molar-refractivity contribution < 1.29 is 9.84 Å². The van der Waals surface area contributed by atoms with Gasteiger partial charge in [-0.15, -0.1) is 0 Å². The maximum Gasteiger partial charge on any atom is 0.125 e. The van der Waals surface area contributed by atoms with E-state index in [0.29, 0.717) is 11.4 Å². The minimum atomic E-state index is -0.440. The van der Waals surface area contributed by atoms with Crippen LogP contribution in [-0.4, -0.2) is 11.2 Å². The van der Waals surface area contributed by atoms with E-state index < -0.39 is 6.10 Å². The minimum absolute atomic E-state index is 0.142. The van der Waals surface area contributed by atoms with Gasteiger partial charge in [0.2, 0.25) is 0 Å². The van der Waals surface area contributed by atoms with E-state index in [0.717, 1.165) is 30.6 Å². The molecule has 16 heavy (non-hydrogen) atoms. The molecule has 0 saturated carbocycles. The molecule has 88 valence electrons. The van der Waals surface area contributed by atoms with Gasteiger partial charge in [-0.2, -0.15) is 0 Å². The van der Waals surface area contributed by atoms with E-state index in [2.05, 4.69) is 6.92 Å². The van der Waals surface area contributed by atoms with Gasteiger partial charge in [-0.05, 0) is 24.6 Å². The Balaban J connectivity index is 2.13. The largest absolute Gasteiger partial charge is 0.490 e. The Bertz CT molecular complexity index is 365. The molecular weight excluding hydrogens is 224 g/mol. The predicted octanol–water partition coefficient (Wildman–Crippen LogP) is 3.71. The molecule has 0 aliphatic carbocycles. The monoisotopic (exact) mass is 240 g/mol. The van der Waals surface area contributed by atoms with Crippen molar-refractivity contribution in [1.29, 1.82) is 0 Å². The number of aliphatic hydroxyl groups excluding tert-OH is 1. The zero-order chi connectivity index (χ0) is 11.5. The first-order valence-electron chi connectivity index (χ1n) is 5.85. The van der Waals surface area contributed by atoms with Crippen LogP contribution in [0.2, 0.25) is 5.02 Å². The first-order valence-corrected chi connectivity index (χ1v) is 6.22. The van der Waals surface area contributed by atoms with E-state index in [-0.39, 0.29) is 6.10 Å².